The number of ketones is 1. The highest BCUT2D eigenvalue weighted by Crippen LogP contribution is 2.65. The Morgan fingerprint density at radius 2 is 2.00 bits per heavy atom. The first kappa shape index (κ1) is 20.5. The Morgan fingerprint density at radius 3 is 2.77 bits per heavy atom. The van der Waals surface area contributed by atoms with Crippen molar-refractivity contribution in [3.63, 3.8) is 0 Å². The number of Topliss-reactive ketones (excluding diaryl/α,β-unsaturated/α-hetero) is 1. The van der Waals surface area contributed by atoms with E-state index in [1.54, 1.807) is 0 Å². The lowest BCUT2D eigenvalue weighted by Gasteiger charge is -2.61. The lowest BCUT2D eigenvalue weighted by Crippen LogP contribution is -2.60. The van der Waals surface area contributed by atoms with Crippen molar-refractivity contribution in [3.05, 3.63) is 0 Å². The highest BCUT2D eigenvalue weighted by Gasteiger charge is 2.62. The normalized spacial score (nSPS) is 49.3. The number of nitrogens with zero attached hydrogens (tertiary/aromatic N) is 1. The van der Waals surface area contributed by atoms with Crippen LogP contribution in [0.15, 0.2) is 5.16 Å². The zero-order valence-electron chi connectivity index (χ0n) is 18.5. The number of hydrogen-bond acceptors (Lipinski definition) is 5. The van der Waals surface area contributed by atoms with Crippen LogP contribution in [0.2, 0.25) is 0 Å². The van der Waals surface area contributed by atoms with E-state index in [4.69, 9.17) is 4.84 Å². The van der Waals surface area contributed by atoms with E-state index in [1.165, 1.54) is 0 Å². The summed E-state index contributed by atoms with van der Waals surface area (Å²) in [7, 11) is 0. The summed E-state index contributed by atoms with van der Waals surface area (Å²) in [6.45, 7) is 6.58. The molecule has 1 saturated heterocycles. The Labute approximate surface area is 179 Å². The van der Waals surface area contributed by atoms with Crippen molar-refractivity contribution in [1.29, 1.82) is 0 Å². The lowest BCUT2D eigenvalue weighted by molar-refractivity contribution is -0.140. The summed E-state index contributed by atoms with van der Waals surface area (Å²) in [5, 5.41) is 11.1. The first-order valence-electron chi connectivity index (χ1n) is 12.1. The van der Waals surface area contributed by atoms with Crippen molar-refractivity contribution in [1.82, 2.24) is 10.6 Å². The zero-order chi connectivity index (χ0) is 20.9. The van der Waals surface area contributed by atoms with Crippen molar-refractivity contribution in [3.8, 4) is 0 Å². The average Bonchev–Trinajstić information content (AvgIpc) is 3.35. The van der Waals surface area contributed by atoms with Crippen molar-refractivity contribution >= 4 is 17.9 Å². The van der Waals surface area contributed by atoms with Crippen molar-refractivity contribution in [2.75, 3.05) is 13.1 Å². The van der Waals surface area contributed by atoms with Gasteiger partial charge in [0.1, 0.15) is 11.9 Å². The van der Waals surface area contributed by atoms with E-state index >= 15 is 0 Å². The average molecular weight is 416 g/mol. The first-order chi connectivity index (χ1) is 14.5. The summed E-state index contributed by atoms with van der Waals surface area (Å²) >= 11 is 0. The summed E-state index contributed by atoms with van der Waals surface area (Å²) in [4.78, 5) is 30.0. The minimum atomic E-state index is -0.124. The second kappa shape index (κ2) is 7.61. The molecule has 2 N–H and O–H groups in total. The number of oxime groups is 1. The molecule has 1 amide bonds. The maximum absolute atomic E-state index is 12.7. The van der Waals surface area contributed by atoms with Gasteiger partial charge in [-0.2, -0.15) is 0 Å². The second-order valence-electron chi connectivity index (χ2n) is 11.1. The summed E-state index contributed by atoms with van der Waals surface area (Å²) in [5.74, 6) is 2.58. The van der Waals surface area contributed by atoms with Gasteiger partial charge in [0.25, 0.3) is 0 Å². The fourth-order valence-corrected chi connectivity index (χ4v) is 8.14. The molecule has 0 aromatic carbocycles. The molecule has 6 nitrogen and oxygen atoms in total. The Hall–Kier alpha value is -1.43. The maximum Gasteiger partial charge on any atom is 0.207 e. The van der Waals surface area contributed by atoms with Gasteiger partial charge in [0.15, 0.2) is 0 Å². The van der Waals surface area contributed by atoms with Crippen LogP contribution < -0.4 is 10.6 Å². The van der Waals surface area contributed by atoms with Crippen molar-refractivity contribution < 1.29 is 14.4 Å². The molecule has 0 bridgehead atoms. The fraction of sp³-hybridized carbons (Fsp3) is 0.875. The van der Waals surface area contributed by atoms with E-state index < -0.39 is 0 Å². The third-order valence-electron chi connectivity index (χ3n) is 9.89. The van der Waals surface area contributed by atoms with E-state index in [9.17, 15) is 9.59 Å². The zero-order valence-corrected chi connectivity index (χ0v) is 18.5. The highest BCUT2D eigenvalue weighted by molar-refractivity contribution is 5.87. The molecule has 4 saturated carbocycles. The van der Waals surface area contributed by atoms with Crippen LogP contribution in [-0.2, 0) is 14.4 Å². The van der Waals surface area contributed by atoms with E-state index in [2.05, 4.69) is 29.6 Å². The molecular formula is C24H37N3O3. The van der Waals surface area contributed by atoms with Crippen LogP contribution in [0.3, 0.4) is 0 Å². The number of fused-ring (bicyclic) bond motifs is 5. The molecule has 6 heteroatoms. The quantitative estimate of drug-likeness (QED) is 0.546. The van der Waals surface area contributed by atoms with Crippen LogP contribution in [0.1, 0.15) is 71.6 Å². The molecule has 0 aromatic heterocycles. The number of hydrogen-bond donors (Lipinski definition) is 2. The van der Waals surface area contributed by atoms with Crippen LogP contribution in [0.4, 0.5) is 0 Å². The van der Waals surface area contributed by atoms with Crippen LogP contribution in [0.25, 0.3) is 0 Å². The van der Waals surface area contributed by atoms with Gasteiger partial charge in [0.05, 0.1) is 5.71 Å². The molecule has 0 radical (unpaired) electrons. The molecule has 0 unspecified atom stereocenters. The lowest BCUT2D eigenvalue weighted by atomic mass is 9.44. The van der Waals surface area contributed by atoms with Gasteiger partial charge in [-0.1, -0.05) is 19.0 Å². The van der Waals surface area contributed by atoms with Crippen LogP contribution >= 0.6 is 0 Å². The summed E-state index contributed by atoms with van der Waals surface area (Å²) in [6, 6.07) is 0.172. The summed E-state index contributed by atoms with van der Waals surface area (Å²) in [6.07, 6.45) is 10.1. The topological polar surface area (TPSA) is 79.8 Å². The first-order valence-corrected chi connectivity index (χ1v) is 12.1. The molecule has 30 heavy (non-hydrogen) atoms. The Bertz CT molecular complexity index is 733. The molecule has 5 fully saturated rings. The number of amides is 1. The maximum atomic E-state index is 12.7. The van der Waals surface area contributed by atoms with Gasteiger partial charge in [-0.25, -0.2) is 0 Å². The second-order valence-corrected chi connectivity index (χ2v) is 11.1. The Balaban J connectivity index is 1.38. The molecule has 0 aromatic rings. The van der Waals surface area contributed by atoms with E-state index in [-0.39, 0.29) is 23.0 Å². The summed E-state index contributed by atoms with van der Waals surface area (Å²) in [5.41, 5.74) is 1.24. The van der Waals surface area contributed by atoms with Crippen LogP contribution in [-0.4, -0.2) is 43.1 Å². The number of carbonyl (C=O) groups is 2. The largest absolute Gasteiger partial charge is 0.391 e. The highest BCUT2D eigenvalue weighted by atomic mass is 16.6. The number of rotatable bonds is 4. The van der Waals surface area contributed by atoms with Gasteiger partial charge in [0.2, 0.25) is 6.41 Å². The minimum absolute atomic E-state index is 0.124. The molecule has 1 heterocycles. The smallest absolute Gasteiger partial charge is 0.207 e. The van der Waals surface area contributed by atoms with E-state index in [0.717, 1.165) is 83.0 Å². The van der Waals surface area contributed by atoms with Gasteiger partial charge in [-0.3, -0.25) is 9.59 Å². The SMILES string of the molecule is C[C@]12CC/C(=N/O[C@@H]3CCNC3)C[C@@H]1[C@@H](NC=O)C[C@@H]1[C@@H]2CC[C@]2(C)C(=O)CC[C@@H]12. The molecule has 8 atom stereocenters. The summed E-state index contributed by atoms with van der Waals surface area (Å²) < 4.78 is 0. The monoisotopic (exact) mass is 415 g/mol. The molecule has 5 rings (SSSR count). The molecule has 1 aliphatic heterocycles. The minimum Gasteiger partial charge on any atom is -0.391 e. The molecule has 0 spiro atoms. The number of carbonyl (C=O) groups excluding carboxylic acids is 2. The van der Waals surface area contributed by atoms with E-state index in [0.29, 0.717) is 29.5 Å². The third-order valence-corrected chi connectivity index (χ3v) is 9.89. The van der Waals surface area contributed by atoms with Gasteiger partial charge in [0, 0.05) is 30.8 Å². The molecular weight excluding hydrogens is 378 g/mol. The van der Waals surface area contributed by atoms with Gasteiger partial charge >= 0.3 is 0 Å². The van der Waals surface area contributed by atoms with Crippen LogP contribution in [0.5, 0.6) is 0 Å². The molecule has 5 aliphatic rings. The van der Waals surface area contributed by atoms with E-state index in [1.807, 2.05) is 0 Å². The van der Waals surface area contributed by atoms with Gasteiger partial charge in [-0.05, 0) is 80.6 Å². The molecule has 4 aliphatic carbocycles. The standard InChI is InChI=1S/C24H37N3O3/c1-23-8-5-15(27-30-16-7-10-25-13-16)11-20(23)21(26-14-28)12-17-18-3-4-22(29)24(18,2)9-6-19(17)23/h14,16-21,25H,3-13H2,1-2H3,(H,26,28)/b27-15-/t16-,17+,18+,19+,20-,21+,23-,24+/m1/s1. The van der Waals surface area contributed by atoms with Crippen molar-refractivity contribution in [2.45, 2.75) is 83.8 Å². The predicted octanol–water partition coefficient (Wildman–Crippen LogP) is 3.06. The Kier molecular flexibility index (Phi) is 5.19. The fourth-order valence-electron chi connectivity index (χ4n) is 8.14. The third kappa shape index (κ3) is 3.12. The molecule has 166 valence electrons. The van der Waals surface area contributed by atoms with Gasteiger partial charge in [-0.15, -0.1) is 0 Å². The number of nitrogens with one attached hydrogen (secondary N) is 2. The van der Waals surface area contributed by atoms with Gasteiger partial charge < -0.3 is 15.5 Å². The predicted molar refractivity (Wildman–Crippen MR) is 115 cm³/mol. The Morgan fingerprint density at radius 1 is 1.13 bits per heavy atom. The van der Waals surface area contributed by atoms with Crippen molar-refractivity contribution in [2.24, 2.45) is 39.7 Å². The van der Waals surface area contributed by atoms with Crippen LogP contribution in [0, 0.1) is 34.5 Å².